The van der Waals surface area contributed by atoms with Gasteiger partial charge in [0.05, 0.1) is 11.3 Å². The van der Waals surface area contributed by atoms with Gasteiger partial charge in [-0.1, -0.05) is 37.8 Å². The minimum Gasteiger partial charge on any atom is -0.495 e. The van der Waals surface area contributed by atoms with Crippen molar-refractivity contribution in [1.29, 1.82) is 0 Å². The lowest BCUT2D eigenvalue weighted by Crippen LogP contribution is -2.46. The zero-order chi connectivity index (χ0) is 25.4. The normalized spacial score (nSPS) is 30.5. The molecule has 0 radical (unpaired) electrons. The van der Waals surface area contributed by atoms with E-state index in [1.807, 2.05) is 31.2 Å². The number of allylic oxidation sites excluding steroid dienone is 1. The molecule has 4 heteroatoms. The summed E-state index contributed by atoms with van der Waals surface area (Å²) in [6, 6.07) is 15.4. The molecule has 0 amide bonds. The summed E-state index contributed by atoms with van der Waals surface area (Å²) < 4.78 is 12.0. The van der Waals surface area contributed by atoms with Gasteiger partial charge in [-0.3, -0.25) is 0 Å². The van der Waals surface area contributed by atoms with Gasteiger partial charge < -0.3 is 14.3 Å². The van der Waals surface area contributed by atoms with Crippen LogP contribution in [0.1, 0.15) is 86.7 Å². The second-order valence-corrected chi connectivity index (χ2v) is 11.5. The number of ketones is 1. The molecule has 0 aromatic heterocycles. The highest BCUT2D eigenvalue weighted by Gasteiger charge is 2.59. The topological polar surface area (TPSA) is 52.6 Å². The van der Waals surface area contributed by atoms with Gasteiger partial charge in [0.15, 0.2) is 0 Å². The Balaban J connectivity index is 1.38. The first kappa shape index (κ1) is 24.8. The maximum atomic E-state index is 12.6. The van der Waals surface area contributed by atoms with Gasteiger partial charge in [0.2, 0.25) is 0 Å². The largest absolute Gasteiger partial charge is 0.495 e. The summed E-state index contributed by atoms with van der Waals surface area (Å²) >= 11 is 0. The molecule has 4 nitrogen and oxygen atoms in total. The van der Waals surface area contributed by atoms with Gasteiger partial charge >= 0.3 is 5.97 Å². The van der Waals surface area contributed by atoms with E-state index in [2.05, 4.69) is 25.6 Å². The third-order valence-corrected chi connectivity index (χ3v) is 9.19. The summed E-state index contributed by atoms with van der Waals surface area (Å²) in [6.45, 7) is 10.1. The standard InChI is InChI=1S/C32H38O4/c1-20(2)35-29-19-24(11-10-21(3)33)30-28-14-12-23-18-25(36-31(34)22-8-6-5-7-9-22)13-15-26(23)27(28)16-17-32(29,30)4/h5-9,13,15,18,24,27-30H,1,10-12,14,16-17,19H2,2-4H3/t24?,27?,28?,29-,30?,32+/m0/s1. The lowest BCUT2D eigenvalue weighted by atomic mass is 9.53. The Kier molecular flexibility index (Phi) is 6.80. The van der Waals surface area contributed by atoms with E-state index in [1.54, 1.807) is 19.1 Å². The highest BCUT2D eigenvalue weighted by Crippen LogP contribution is 2.64. The Bertz CT molecular complexity index is 1150. The number of fused-ring (bicyclic) bond motifs is 5. The van der Waals surface area contributed by atoms with E-state index in [9.17, 15) is 9.59 Å². The molecule has 36 heavy (non-hydrogen) atoms. The van der Waals surface area contributed by atoms with Crippen molar-refractivity contribution in [2.75, 3.05) is 0 Å². The fourth-order valence-corrected chi connectivity index (χ4v) is 7.71. The minimum absolute atomic E-state index is 0.115. The molecule has 2 aromatic rings. The average molecular weight is 487 g/mol. The van der Waals surface area contributed by atoms with E-state index < -0.39 is 0 Å². The zero-order valence-corrected chi connectivity index (χ0v) is 21.8. The van der Waals surface area contributed by atoms with Crippen LogP contribution in [0.15, 0.2) is 60.9 Å². The molecule has 3 aliphatic carbocycles. The van der Waals surface area contributed by atoms with Crippen LogP contribution in [0.2, 0.25) is 0 Å². The Morgan fingerprint density at radius 1 is 1.08 bits per heavy atom. The van der Waals surface area contributed by atoms with Gasteiger partial charge in [-0.25, -0.2) is 4.79 Å². The lowest BCUT2D eigenvalue weighted by molar-refractivity contribution is -0.117. The van der Waals surface area contributed by atoms with Gasteiger partial charge in [0.1, 0.15) is 17.6 Å². The summed E-state index contributed by atoms with van der Waals surface area (Å²) in [5.74, 6) is 3.52. The molecule has 2 fully saturated rings. The lowest BCUT2D eigenvalue weighted by Gasteiger charge is -2.51. The highest BCUT2D eigenvalue weighted by molar-refractivity contribution is 5.91. The van der Waals surface area contributed by atoms with Crippen molar-refractivity contribution < 1.29 is 19.1 Å². The molecule has 0 heterocycles. The van der Waals surface area contributed by atoms with Crippen molar-refractivity contribution in [3.63, 3.8) is 0 Å². The first-order valence-corrected chi connectivity index (χ1v) is 13.5. The van der Waals surface area contributed by atoms with Crippen LogP contribution in [0.5, 0.6) is 5.75 Å². The Morgan fingerprint density at radius 2 is 1.86 bits per heavy atom. The Morgan fingerprint density at radius 3 is 2.58 bits per heavy atom. The number of hydrogen-bond donors (Lipinski definition) is 0. The average Bonchev–Trinajstić information content (AvgIpc) is 3.13. The SMILES string of the molecule is C=C(C)O[C@H]1CC(CCC(C)=O)C2C3CCc4cc(OC(=O)c5ccccc5)ccc4C3CC[C@@]21C. The van der Waals surface area contributed by atoms with Gasteiger partial charge in [0, 0.05) is 11.8 Å². The van der Waals surface area contributed by atoms with Crippen molar-refractivity contribution in [2.45, 2.75) is 77.7 Å². The molecule has 190 valence electrons. The van der Waals surface area contributed by atoms with E-state index >= 15 is 0 Å². The summed E-state index contributed by atoms with van der Waals surface area (Å²) in [5, 5.41) is 0. The molecule has 3 aliphatic rings. The predicted octanol–water partition coefficient (Wildman–Crippen LogP) is 7.28. The van der Waals surface area contributed by atoms with Crippen LogP contribution in [-0.4, -0.2) is 17.9 Å². The summed E-state index contributed by atoms with van der Waals surface area (Å²) in [4.78, 5) is 24.4. The molecular formula is C32H38O4. The van der Waals surface area contributed by atoms with Gasteiger partial charge in [-0.15, -0.1) is 0 Å². The van der Waals surface area contributed by atoms with Crippen molar-refractivity contribution >= 4 is 11.8 Å². The quantitative estimate of drug-likeness (QED) is 0.234. The number of esters is 1. The second-order valence-electron chi connectivity index (χ2n) is 11.5. The van der Waals surface area contributed by atoms with Crippen LogP contribution in [0.25, 0.3) is 0 Å². The van der Waals surface area contributed by atoms with Crippen LogP contribution in [0.3, 0.4) is 0 Å². The molecule has 0 saturated heterocycles. The third kappa shape index (κ3) is 4.63. The minimum atomic E-state index is -0.319. The Hall–Kier alpha value is -2.88. The van der Waals surface area contributed by atoms with E-state index in [4.69, 9.17) is 9.47 Å². The molecule has 0 spiro atoms. The van der Waals surface area contributed by atoms with E-state index in [-0.39, 0.29) is 23.3 Å². The molecular weight excluding hydrogens is 448 g/mol. The van der Waals surface area contributed by atoms with E-state index in [1.165, 1.54) is 11.1 Å². The molecule has 2 aromatic carbocycles. The maximum Gasteiger partial charge on any atom is 0.343 e. The van der Waals surface area contributed by atoms with E-state index in [0.29, 0.717) is 41.4 Å². The summed E-state index contributed by atoms with van der Waals surface area (Å²) in [5.41, 5.74) is 3.41. The maximum absolute atomic E-state index is 12.6. The number of Topliss-reactive ketones (excluding diaryl/α,β-unsaturated/α-hetero) is 1. The van der Waals surface area contributed by atoms with Crippen LogP contribution in [-0.2, 0) is 16.0 Å². The van der Waals surface area contributed by atoms with Crippen molar-refractivity contribution in [3.05, 3.63) is 77.6 Å². The number of carbonyl (C=O) groups excluding carboxylic acids is 2. The molecule has 0 aliphatic heterocycles. The van der Waals surface area contributed by atoms with Crippen molar-refractivity contribution in [1.82, 2.24) is 0 Å². The van der Waals surface area contributed by atoms with Gasteiger partial charge in [-0.05, 0) is 111 Å². The number of ether oxygens (including phenoxy) is 2. The number of benzene rings is 2. The second kappa shape index (κ2) is 9.88. The fraction of sp³-hybridized carbons (Fsp3) is 0.500. The number of hydrogen-bond acceptors (Lipinski definition) is 4. The molecule has 2 saturated carbocycles. The van der Waals surface area contributed by atoms with Crippen LogP contribution < -0.4 is 4.74 Å². The molecule has 4 unspecified atom stereocenters. The third-order valence-electron chi connectivity index (χ3n) is 9.19. The number of carbonyl (C=O) groups is 2. The van der Waals surface area contributed by atoms with Crippen LogP contribution in [0.4, 0.5) is 0 Å². The zero-order valence-electron chi connectivity index (χ0n) is 21.8. The highest BCUT2D eigenvalue weighted by atomic mass is 16.5. The Labute approximate surface area is 215 Å². The van der Waals surface area contributed by atoms with Gasteiger partial charge in [0.25, 0.3) is 0 Å². The summed E-state index contributed by atoms with van der Waals surface area (Å²) in [6.07, 6.45) is 7.19. The van der Waals surface area contributed by atoms with Crippen molar-refractivity contribution in [2.24, 2.45) is 23.2 Å². The van der Waals surface area contributed by atoms with Crippen LogP contribution in [0, 0.1) is 23.2 Å². The molecule has 5 rings (SSSR count). The molecule has 6 atom stereocenters. The number of aryl methyl sites for hydroxylation is 1. The predicted molar refractivity (Wildman–Crippen MR) is 141 cm³/mol. The monoisotopic (exact) mass is 486 g/mol. The van der Waals surface area contributed by atoms with Crippen LogP contribution >= 0.6 is 0 Å². The smallest absolute Gasteiger partial charge is 0.343 e. The van der Waals surface area contributed by atoms with Crippen molar-refractivity contribution in [3.8, 4) is 5.75 Å². The first-order valence-electron chi connectivity index (χ1n) is 13.5. The molecule has 0 N–H and O–H groups in total. The summed E-state index contributed by atoms with van der Waals surface area (Å²) in [7, 11) is 0. The molecule has 0 bridgehead atoms. The first-order chi connectivity index (χ1) is 17.3. The number of rotatable bonds is 7. The fourth-order valence-electron chi connectivity index (χ4n) is 7.71. The van der Waals surface area contributed by atoms with E-state index in [0.717, 1.165) is 44.3 Å². The van der Waals surface area contributed by atoms with Gasteiger partial charge in [-0.2, -0.15) is 0 Å².